The molecule has 0 fully saturated rings. The summed E-state index contributed by atoms with van der Waals surface area (Å²) in [4.78, 5) is 8.48. The number of thioether (sulfide) groups is 1. The smallest absolute Gasteiger partial charge is 0.187 e. The molecule has 0 aliphatic rings. The Labute approximate surface area is 116 Å². The summed E-state index contributed by atoms with van der Waals surface area (Å²) in [6.07, 6.45) is 3.67. The molecule has 2 aromatic rings. The maximum atomic E-state index is 5.82. The SMILES string of the molecule is Cc1cnc(SCCNc2ccc(Cl)cc2)nc1. The quantitative estimate of drug-likeness (QED) is 0.515. The van der Waals surface area contributed by atoms with Gasteiger partial charge in [0.05, 0.1) is 0 Å². The summed E-state index contributed by atoms with van der Waals surface area (Å²) >= 11 is 7.46. The molecule has 18 heavy (non-hydrogen) atoms. The van der Waals surface area contributed by atoms with Crippen LogP contribution in [0.25, 0.3) is 0 Å². The molecule has 1 aromatic carbocycles. The van der Waals surface area contributed by atoms with Crippen molar-refractivity contribution in [3.8, 4) is 0 Å². The minimum Gasteiger partial charge on any atom is -0.384 e. The molecule has 0 atom stereocenters. The highest BCUT2D eigenvalue weighted by molar-refractivity contribution is 7.99. The molecule has 0 saturated carbocycles. The molecule has 1 N–H and O–H groups in total. The second kappa shape index (κ2) is 6.61. The Morgan fingerprint density at radius 2 is 1.83 bits per heavy atom. The number of nitrogens with one attached hydrogen (secondary N) is 1. The molecular weight excluding hydrogens is 266 g/mol. The molecule has 0 bridgehead atoms. The molecule has 1 heterocycles. The first-order valence-corrected chi connectivity index (χ1v) is 7.01. The Bertz CT molecular complexity index is 437. The minimum atomic E-state index is 0.753. The number of halogens is 1. The van der Waals surface area contributed by atoms with Crippen LogP contribution in [0.3, 0.4) is 0 Å². The van der Waals surface area contributed by atoms with Crippen LogP contribution in [0.4, 0.5) is 5.69 Å². The first-order chi connectivity index (χ1) is 8.74. The van der Waals surface area contributed by atoms with Gasteiger partial charge in [-0.05, 0) is 36.8 Å². The van der Waals surface area contributed by atoms with Crippen molar-refractivity contribution >= 4 is 29.1 Å². The van der Waals surface area contributed by atoms with Crippen LogP contribution in [0.15, 0.2) is 41.8 Å². The van der Waals surface area contributed by atoms with Crippen LogP contribution in [0, 0.1) is 6.92 Å². The summed E-state index contributed by atoms with van der Waals surface area (Å²) in [6, 6.07) is 7.69. The molecule has 3 nitrogen and oxygen atoms in total. The van der Waals surface area contributed by atoms with Gasteiger partial charge in [0.1, 0.15) is 0 Å². The van der Waals surface area contributed by atoms with Gasteiger partial charge in [0.25, 0.3) is 0 Å². The average Bonchev–Trinajstić information content (AvgIpc) is 2.39. The molecule has 2 rings (SSSR count). The highest BCUT2D eigenvalue weighted by Crippen LogP contribution is 2.15. The van der Waals surface area contributed by atoms with Crippen molar-refractivity contribution in [2.75, 3.05) is 17.6 Å². The van der Waals surface area contributed by atoms with Crippen molar-refractivity contribution in [2.24, 2.45) is 0 Å². The summed E-state index contributed by atoms with van der Waals surface area (Å²) in [5.74, 6) is 0.922. The molecule has 0 spiro atoms. The van der Waals surface area contributed by atoms with E-state index in [0.29, 0.717) is 0 Å². The third-order valence-corrected chi connectivity index (χ3v) is 3.39. The van der Waals surface area contributed by atoms with Crippen molar-refractivity contribution in [2.45, 2.75) is 12.1 Å². The molecule has 94 valence electrons. The van der Waals surface area contributed by atoms with E-state index in [1.165, 1.54) is 0 Å². The second-order valence-corrected chi connectivity index (χ2v) is 5.32. The van der Waals surface area contributed by atoms with Crippen LogP contribution < -0.4 is 5.32 Å². The van der Waals surface area contributed by atoms with Crippen molar-refractivity contribution in [1.29, 1.82) is 0 Å². The number of anilines is 1. The Kier molecular flexibility index (Phi) is 4.84. The van der Waals surface area contributed by atoms with Gasteiger partial charge >= 0.3 is 0 Å². The van der Waals surface area contributed by atoms with Crippen LogP contribution in [-0.2, 0) is 0 Å². The summed E-state index contributed by atoms with van der Waals surface area (Å²) in [5, 5.41) is 4.89. The average molecular weight is 280 g/mol. The zero-order valence-corrected chi connectivity index (χ0v) is 11.6. The Morgan fingerprint density at radius 3 is 2.50 bits per heavy atom. The van der Waals surface area contributed by atoms with Gasteiger partial charge in [0, 0.05) is 35.4 Å². The number of aromatic nitrogens is 2. The van der Waals surface area contributed by atoms with E-state index in [1.807, 2.05) is 43.6 Å². The number of benzene rings is 1. The molecule has 0 unspecified atom stereocenters. The topological polar surface area (TPSA) is 37.8 Å². The summed E-state index contributed by atoms with van der Waals surface area (Å²) < 4.78 is 0. The zero-order valence-electron chi connectivity index (χ0n) is 10.1. The van der Waals surface area contributed by atoms with Crippen LogP contribution in [0.1, 0.15) is 5.56 Å². The van der Waals surface area contributed by atoms with E-state index in [9.17, 15) is 0 Å². The van der Waals surface area contributed by atoms with Crippen molar-refractivity contribution < 1.29 is 0 Å². The standard InChI is InChI=1S/C13H14ClN3S/c1-10-8-16-13(17-9-10)18-7-6-15-12-4-2-11(14)3-5-12/h2-5,8-9,15H,6-7H2,1H3. The number of nitrogens with zero attached hydrogens (tertiary/aromatic N) is 2. The van der Waals surface area contributed by atoms with Crippen molar-refractivity contribution in [3.05, 3.63) is 47.2 Å². The lowest BCUT2D eigenvalue weighted by molar-refractivity contribution is 0.949. The van der Waals surface area contributed by atoms with Crippen LogP contribution >= 0.6 is 23.4 Å². The van der Waals surface area contributed by atoms with E-state index in [-0.39, 0.29) is 0 Å². The Balaban J connectivity index is 1.73. The fourth-order valence-electron chi connectivity index (χ4n) is 1.36. The number of aryl methyl sites for hydroxylation is 1. The van der Waals surface area contributed by atoms with Crippen molar-refractivity contribution in [3.63, 3.8) is 0 Å². The van der Waals surface area contributed by atoms with Gasteiger partial charge in [-0.15, -0.1) is 0 Å². The lowest BCUT2D eigenvalue weighted by atomic mass is 10.3. The molecular formula is C13H14ClN3S. The number of hydrogen-bond acceptors (Lipinski definition) is 4. The fraction of sp³-hybridized carbons (Fsp3) is 0.231. The number of rotatable bonds is 5. The van der Waals surface area contributed by atoms with Gasteiger partial charge in [-0.3, -0.25) is 0 Å². The second-order valence-electron chi connectivity index (χ2n) is 3.83. The van der Waals surface area contributed by atoms with Gasteiger partial charge in [0.15, 0.2) is 5.16 Å². The summed E-state index contributed by atoms with van der Waals surface area (Å²) in [7, 11) is 0. The zero-order chi connectivity index (χ0) is 12.8. The molecule has 0 saturated heterocycles. The normalized spacial score (nSPS) is 10.3. The predicted molar refractivity (Wildman–Crippen MR) is 77.4 cm³/mol. The third-order valence-electron chi connectivity index (χ3n) is 2.26. The lowest BCUT2D eigenvalue weighted by Crippen LogP contribution is -2.04. The highest BCUT2D eigenvalue weighted by Gasteiger charge is 1.97. The summed E-state index contributed by atoms with van der Waals surface area (Å²) in [6.45, 7) is 2.85. The predicted octanol–water partition coefficient (Wildman–Crippen LogP) is 3.64. The van der Waals surface area contributed by atoms with Gasteiger partial charge in [-0.1, -0.05) is 23.4 Å². The molecule has 0 aliphatic heterocycles. The van der Waals surface area contributed by atoms with E-state index >= 15 is 0 Å². The van der Waals surface area contributed by atoms with Gasteiger partial charge < -0.3 is 5.32 Å². The first kappa shape index (κ1) is 13.2. The monoisotopic (exact) mass is 279 g/mol. The van der Waals surface area contributed by atoms with E-state index in [4.69, 9.17) is 11.6 Å². The Hall–Kier alpha value is -1.26. The van der Waals surface area contributed by atoms with Crippen LogP contribution in [-0.4, -0.2) is 22.3 Å². The highest BCUT2D eigenvalue weighted by atomic mass is 35.5. The molecule has 5 heteroatoms. The van der Waals surface area contributed by atoms with E-state index in [1.54, 1.807) is 11.8 Å². The first-order valence-electron chi connectivity index (χ1n) is 5.65. The van der Waals surface area contributed by atoms with Gasteiger partial charge in [-0.2, -0.15) is 0 Å². The van der Waals surface area contributed by atoms with Gasteiger partial charge in [0.2, 0.25) is 0 Å². The van der Waals surface area contributed by atoms with Gasteiger partial charge in [-0.25, -0.2) is 9.97 Å². The van der Waals surface area contributed by atoms with E-state index < -0.39 is 0 Å². The van der Waals surface area contributed by atoms with Crippen molar-refractivity contribution in [1.82, 2.24) is 9.97 Å². The fourth-order valence-corrected chi connectivity index (χ4v) is 2.13. The largest absolute Gasteiger partial charge is 0.384 e. The lowest BCUT2D eigenvalue weighted by Gasteiger charge is -2.05. The minimum absolute atomic E-state index is 0.753. The number of hydrogen-bond donors (Lipinski definition) is 1. The Morgan fingerprint density at radius 1 is 1.17 bits per heavy atom. The van der Waals surface area contributed by atoms with E-state index in [0.717, 1.165) is 33.7 Å². The van der Waals surface area contributed by atoms with Crippen LogP contribution in [0.2, 0.25) is 5.02 Å². The summed E-state index contributed by atoms with van der Waals surface area (Å²) in [5.41, 5.74) is 2.16. The third kappa shape index (κ3) is 4.20. The molecule has 0 amide bonds. The molecule has 0 radical (unpaired) electrons. The van der Waals surface area contributed by atoms with E-state index in [2.05, 4.69) is 15.3 Å². The van der Waals surface area contributed by atoms with Crippen LogP contribution in [0.5, 0.6) is 0 Å². The molecule has 0 aliphatic carbocycles. The maximum absolute atomic E-state index is 5.82. The molecule has 1 aromatic heterocycles. The maximum Gasteiger partial charge on any atom is 0.187 e.